The van der Waals surface area contributed by atoms with Crippen LogP contribution >= 0.6 is 0 Å². The number of amides is 1. The molecule has 33 heavy (non-hydrogen) atoms. The van der Waals surface area contributed by atoms with E-state index in [0.29, 0.717) is 13.1 Å². The number of hydrogen-bond donors (Lipinski definition) is 0. The van der Waals surface area contributed by atoms with Crippen molar-refractivity contribution in [1.82, 2.24) is 15.1 Å². The molecule has 172 valence electrons. The van der Waals surface area contributed by atoms with Crippen molar-refractivity contribution in [3.63, 3.8) is 0 Å². The minimum Gasteiger partial charge on any atom is -0.481 e. The summed E-state index contributed by atoms with van der Waals surface area (Å²) in [4.78, 5) is 16.9. The molecule has 1 unspecified atom stereocenters. The average Bonchev–Trinajstić information content (AvgIpc) is 2.86. The van der Waals surface area contributed by atoms with Gasteiger partial charge in [0, 0.05) is 31.7 Å². The molecule has 0 spiro atoms. The molecule has 1 amide bonds. The molecule has 0 radical (unpaired) electrons. The Kier molecular flexibility index (Phi) is 6.92. The van der Waals surface area contributed by atoms with Gasteiger partial charge in [-0.25, -0.2) is 0 Å². The summed E-state index contributed by atoms with van der Waals surface area (Å²) in [6.45, 7) is 10.8. The fraction of sp³-hybridized carbons (Fsp3) is 0.370. The summed E-state index contributed by atoms with van der Waals surface area (Å²) < 4.78 is 5.92. The van der Waals surface area contributed by atoms with Crippen molar-refractivity contribution >= 4 is 11.7 Å². The molecule has 6 nitrogen and oxygen atoms in total. The summed E-state index contributed by atoms with van der Waals surface area (Å²) in [7, 11) is 0. The van der Waals surface area contributed by atoms with Crippen LogP contribution in [0.3, 0.4) is 0 Å². The van der Waals surface area contributed by atoms with E-state index in [0.717, 1.165) is 47.9 Å². The predicted octanol–water partition coefficient (Wildman–Crippen LogP) is 4.44. The highest BCUT2D eigenvalue weighted by molar-refractivity contribution is 5.81. The van der Waals surface area contributed by atoms with Crippen LogP contribution in [0.1, 0.15) is 30.5 Å². The summed E-state index contributed by atoms with van der Waals surface area (Å²) >= 11 is 0. The van der Waals surface area contributed by atoms with Crippen molar-refractivity contribution in [2.75, 3.05) is 31.1 Å². The number of nitrogens with zero attached hydrogens (tertiary/aromatic N) is 4. The second-order valence-corrected chi connectivity index (χ2v) is 8.65. The lowest BCUT2D eigenvalue weighted by molar-refractivity contribution is -0.138. The van der Waals surface area contributed by atoms with Crippen LogP contribution in [0, 0.1) is 13.8 Å². The van der Waals surface area contributed by atoms with Crippen molar-refractivity contribution in [1.29, 1.82) is 0 Å². The number of carbonyl (C=O) groups excluding carboxylic acids is 1. The molecule has 6 heteroatoms. The van der Waals surface area contributed by atoms with E-state index in [4.69, 9.17) is 4.74 Å². The first-order valence-electron chi connectivity index (χ1n) is 11.7. The number of piperazine rings is 1. The van der Waals surface area contributed by atoms with Gasteiger partial charge in [-0.3, -0.25) is 4.79 Å². The van der Waals surface area contributed by atoms with E-state index in [1.165, 1.54) is 11.1 Å². The topological polar surface area (TPSA) is 58.6 Å². The molecule has 2 aromatic carbocycles. The van der Waals surface area contributed by atoms with Gasteiger partial charge in [0.25, 0.3) is 5.91 Å². The fourth-order valence-electron chi connectivity index (χ4n) is 4.01. The summed E-state index contributed by atoms with van der Waals surface area (Å²) in [6, 6.07) is 18.4. The lowest BCUT2D eigenvalue weighted by Gasteiger charge is -2.36. The molecular formula is C27H32N4O2. The standard InChI is InChI=1S/C27H32N4O2/c1-5-22-7-9-23(10-8-22)25-12-13-26(29-28-25)30-14-16-31(17-15-30)27(32)21(4)33-24-11-6-19(2)20(3)18-24/h6-13,18,21H,5,14-17H2,1-4H3. The maximum atomic E-state index is 12.9. The van der Waals surface area contributed by atoms with Crippen molar-refractivity contribution in [2.24, 2.45) is 0 Å². The minimum atomic E-state index is -0.517. The zero-order valence-electron chi connectivity index (χ0n) is 19.9. The number of rotatable bonds is 6. The van der Waals surface area contributed by atoms with Crippen LogP contribution < -0.4 is 9.64 Å². The van der Waals surface area contributed by atoms with E-state index in [1.54, 1.807) is 0 Å². The number of anilines is 1. The molecule has 1 fully saturated rings. The zero-order chi connectivity index (χ0) is 23.4. The molecule has 0 aliphatic carbocycles. The second kappa shape index (κ2) is 10.0. The van der Waals surface area contributed by atoms with Gasteiger partial charge in [0.2, 0.25) is 0 Å². The highest BCUT2D eigenvalue weighted by Crippen LogP contribution is 2.21. The van der Waals surface area contributed by atoms with E-state index < -0.39 is 6.10 Å². The van der Waals surface area contributed by atoms with Gasteiger partial charge >= 0.3 is 0 Å². The summed E-state index contributed by atoms with van der Waals surface area (Å²) in [5.41, 5.74) is 5.62. The van der Waals surface area contributed by atoms with Crippen LogP contribution in [0.5, 0.6) is 5.75 Å². The normalized spacial score (nSPS) is 14.8. The lowest BCUT2D eigenvalue weighted by Crippen LogP contribution is -2.52. The molecule has 1 saturated heterocycles. The summed E-state index contributed by atoms with van der Waals surface area (Å²) in [6.07, 6.45) is 0.507. The first-order chi connectivity index (χ1) is 15.9. The predicted molar refractivity (Wildman–Crippen MR) is 132 cm³/mol. The third-order valence-corrected chi connectivity index (χ3v) is 6.36. The van der Waals surface area contributed by atoms with Crippen LogP contribution in [0.4, 0.5) is 5.82 Å². The van der Waals surface area contributed by atoms with Crippen molar-refractivity contribution in [3.05, 3.63) is 71.3 Å². The molecule has 2 heterocycles. The van der Waals surface area contributed by atoms with Gasteiger partial charge in [0.15, 0.2) is 11.9 Å². The van der Waals surface area contributed by atoms with Crippen LogP contribution in [0.25, 0.3) is 11.3 Å². The zero-order valence-corrected chi connectivity index (χ0v) is 19.9. The van der Waals surface area contributed by atoms with Gasteiger partial charge in [-0.1, -0.05) is 37.3 Å². The Labute approximate surface area is 196 Å². The van der Waals surface area contributed by atoms with Gasteiger partial charge in [-0.2, -0.15) is 0 Å². The van der Waals surface area contributed by atoms with Crippen molar-refractivity contribution in [2.45, 2.75) is 40.2 Å². The first-order valence-corrected chi connectivity index (χ1v) is 11.7. The highest BCUT2D eigenvalue weighted by atomic mass is 16.5. The minimum absolute atomic E-state index is 0.0184. The Morgan fingerprint density at radius 3 is 2.27 bits per heavy atom. The molecule has 0 saturated carbocycles. The van der Waals surface area contributed by atoms with E-state index in [1.807, 2.05) is 49.1 Å². The van der Waals surface area contributed by atoms with Gasteiger partial charge in [-0.15, -0.1) is 10.2 Å². The molecule has 3 aromatic rings. The summed E-state index contributed by atoms with van der Waals surface area (Å²) in [5.74, 6) is 1.59. The number of aryl methyl sites for hydroxylation is 3. The largest absolute Gasteiger partial charge is 0.481 e. The Hall–Kier alpha value is -3.41. The van der Waals surface area contributed by atoms with Gasteiger partial charge in [0.05, 0.1) is 5.69 Å². The molecule has 0 N–H and O–H groups in total. The smallest absolute Gasteiger partial charge is 0.263 e. The van der Waals surface area contributed by atoms with Crippen LogP contribution in [-0.4, -0.2) is 53.3 Å². The molecule has 4 rings (SSSR count). The highest BCUT2D eigenvalue weighted by Gasteiger charge is 2.26. The molecule has 1 aliphatic heterocycles. The Balaban J connectivity index is 1.32. The van der Waals surface area contributed by atoms with Gasteiger partial charge < -0.3 is 14.5 Å². The maximum absolute atomic E-state index is 12.9. The van der Waals surface area contributed by atoms with Gasteiger partial charge in [0.1, 0.15) is 5.75 Å². The molecular weight excluding hydrogens is 412 g/mol. The number of aromatic nitrogens is 2. The van der Waals surface area contributed by atoms with Crippen LogP contribution in [0.15, 0.2) is 54.6 Å². The Morgan fingerprint density at radius 2 is 1.67 bits per heavy atom. The quantitative estimate of drug-likeness (QED) is 0.563. The fourth-order valence-corrected chi connectivity index (χ4v) is 4.01. The number of carbonyl (C=O) groups is 1. The third kappa shape index (κ3) is 5.33. The number of benzene rings is 2. The maximum Gasteiger partial charge on any atom is 0.263 e. The molecule has 1 atom stereocenters. The molecule has 0 bridgehead atoms. The van der Waals surface area contributed by atoms with Crippen LogP contribution in [-0.2, 0) is 11.2 Å². The van der Waals surface area contributed by atoms with Gasteiger partial charge in [-0.05, 0) is 68.1 Å². The van der Waals surface area contributed by atoms with Crippen molar-refractivity contribution in [3.8, 4) is 17.0 Å². The third-order valence-electron chi connectivity index (χ3n) is 6.36. The SMILES string of the molecule is CCc1ccc(-c2ccc(N3CCN(C(=O)C(C)Oc4ccc(C)c(C)c4)CC3)nn2)cc1. The van der Waals surface area contributed by atoms with E-state index in [-0.39, 0.29) is 5.91 Å². The van der Waals surface area contributed by atoms with E-state index >= 15 is 0 Å². The Bertz CT molecular complexity index is 1090. The Morgan fingerprint density at radius 1 is 0.939 bits per heavy atom. The monoisotopic (exact) mass is 444 g/mol. The number of ether oxygens (including phenoxy) is 1. The average molecular weight is 445 g/mol. The lowest BCUT2D eigenvalue weighted by atomic mass is 10.1. The second-order valence-electron chi connectivity index (χ2n) is 8.65. The molecule has 1 aliphatic rings. The first kappa shape index (κ1) is 22.8. The molecule has 1 aromatic heterocycles. The van der Waals surface area contributed by atoms with Crippen molar-refractivity contribution < 1.29 is 9.53 Å². The summed E-state index contributed by atoms with van der Waals surface area (Å²) in [5, 5.41) is 8.88. The van der Waals surface area contributed by atoms with E-state index in [9.17, 15) is 4.79 Å². The van der Waals surface area contributed by atoms with E-state index in [2.05, 4.69) is 53.2 Å². The number of hydrogen-bond acceptors (Lipinski definition) is 5. The van der Waals surface area contributed by atoms with Crippen LogP contribution in [0.2, 0.25) is 0 Å².